The van der Waals surface area contributed by atoms with E-state index >= 15 is 0 Å². The molecule has 0 bridgehead atoms. The maximum atomic E-state index is 12.0. The van der Waals surface area contributed by atoms with E-state index in [1.54, 1.807) is 0 Å². The number of rotatable bonds is 4. The van der Waals surface area contributed by atoms with Gasteiger partial charge in [0.2, 0.25) is 0 Å². The summed E-state index contributed by atoms with van der Waals surface area (Å²) in [7, 11) is 0. The molecule has 0 aliphatic heterocycles. The number of ether oxygens (including phenoxy) is 1. The van der Waals surface area contributed by atoms with Gasteiger partial charge in [0.15, 0.2) is 5.78 Å². The van der Waals surface area contributed by atoms with Crippen molar-refractivity contribution in [2.24, 2.45) is 0 Å². The Labute approximate surface area is 101 Å². The topological polar surface area (TPSA) is 52.1 Å². The Bertz CT molecular complexity index is 547. The summed E-state index contributed by atoms with van der Waals surface area (Å²) in [5, 5.41) is 0. The molecular formula is C12H8F2N2O2. The van der Waals surface area contributed by atoms with Gasteiger partial charge in [-0.3, -0.25) is 4.79 Å². The van der Waals surface area contributed by atoms with Gasteiger partial charge >= 0.3 is 6.61 Å². The summed E-state index contributed by atoms with van der Waals surface area (Å²) in [6.07, 6.45) is 4.01. The van der Waals surface area contributed by atoms with Crippen LogP contribution in [0.15, 0.2) is 43.0 Å². The number of halogens is 2. The lowest BCUT2D eigenvalue weighted by Crippen LogP contribution is -2.05. The van der Waals surface area contributed by atoms with Crippen LogP contribution in [0.1, 0.15) is 15.9 Å². The second kappa shape index (κ2) is 5.31. The fraction of sp³-hybridized carbons (Fsp3) is 0.0833. The van der Waals surface area contributed by atoms with Crippen LogP contribution in [0.5, 0.6) is 5.75 Å². The lowest BCUT2D eigenvalue weighted by Gasteiger charge is -2.06. The van der Waals surface area contributed by atoms with Gasteiger partial charge in [0.1, 0.15) is 12.1 Å². The summed E-state index contributed by atoms with van der Waals surface area (Å²) in [5.41, 5.74) is 0.523. The number of benzene rings is 1. The van der Waals surface area contributed by atoms with Crippen LogP contribution in [-0.4, -0.2) is 22.4 Å². The molecule has 2 aromatic rings. The Morgan fingerprint density at radius 1 is 1.17 bits per heavy atom. The Hall–Kier alpha value is -2.37. The van der Waals surface area contributed by atoms with Gasteiger partial charge < -0.3 is 4.74 Å². The summed E-state index contributed by atoms with van der Waals surface area (Å²) < 4.78 is 28.3. The molecule has 1 aromatic carbocycles. The van der Waals surface area contributed by atoms with Crippen LogP contribution in [0.3, 0.4) is 0 Å². The molecular weight excluding hydrogens is 242 g/mol. The number of alkyl halides is 2. The third-order valence-corrected chi connectivity index (χ3v) is 2.14. The van der Waals surface area contributed by atoms with E-state index < -0.39 is 6.61 Å². The van der Waals surface area contributed by atoms with Crippen LogP contribution < -0.4 is 4.74 Å². The number of ketones is 1. The zero-order chi connectivity index (χ0) is 13.0. The molecule has 92 valence electrons. The summed E-state index contributed by atoms with van der Waals surface area (Å²) in [6.45, 7) is -2.92. The Morgan fingerprint density at radius 2 is 1.89 bits per heavy atom. The lowest BCUT2D eigenvalue weighted by atomic mass is 10.1. The molecule has 18 heavy (non-hydrogen) atoms. The minimum Gasteiger partial charge on any atom is -0.435 e. The van der Waals surface area contributed by atoms with Crippen molar-refractivity contribution in [3.8, 4) is 5.75 Å². The molecule has 0 spiro atoms. The first kappa shape index (κ1) is 12.1. The minimum atomic E-state index is -2.92. The fourth-order valence-corrected chi connectivity index (χ4v) is 1.40. The summed E-state index contributed by atoms with van der Waals surface area (Å²) in [5.74, 6) is -0.414. The van der Waals surface area contributed by atoms with Crippen LogP contribution in [-0.2, 0) is 0 Å². The van der Waals surface area contributed by atoms with E-state index in [2.05, 4.69) is 14.7 Å². The molecule has 1 heterocycles. The first-order valence-electron chi connectivity index (χ1n) is 5.01. The highest BCUT2D eigenvalue weighted by atomic mass is 19.3. The highest BCUT2D eigenvalue weighted by molar-refractivity contribution is 6.08. The van der Waals surface area contributed by atoms with E-state index in [-0.39, 0.29) is 22.7 Å². The van der Waals surface area contributed by atoms with Crippen molar-refractivity contribution in [3.63, 3.8) is 0 Å². The standard InChI is InChI=1S/C12H8F2N2O2/c13-12(14)18-10-3-1-2-8(4-10)11(17)9-5-15-7-16-6-9/h1-7,12H. The van der Waals surface area contributed by atoms with Crippen LogP contribution in [0.25, 0.3) is 0 Å². The quantitative estimate of drug-likeness (QED) is 0.781. The van der Waals surface area contributed by atoms with Crippen molar-refractivity contribution in [3.05, 3.63) is 54.1 Å². The number of hydrogen-bond acceptors (Lipinski definition) is 4. The third-order valence-electron chi connectivity index (χ3n) is 2.14. The average molecular weight is 250 g/mol. The fourth-order valence-electron chi connectivity index (χ4n) is 1.40. The maximum Gasteiger partial charge on any atom is 0.387 e. The molecule has 0 aliphatic carbocycles. The van der Waals surface area contributed by atoms with Crippen LogP contribution in [0.4, 0.5) is 8.78 Å². The molecule has 1 aromatic heterocycles. The van der Waals surface area contributed by atoms with E-state index in [1.807, 2.05) is 0 Å². The number of hydrogen-bond donors (Lipinski definition) is 0. The minimum absolute atomic E-state index is 0.0623. The van der Waals surface area contributed by atoms with E-state index in [0.29, 0.717) is 0 Å². The summed E-state index contributed by atoms with van der Waals surface area (Å²) in [4.78, 5) is 19.4. The average Bonchev–Trinajstić information content (AvgIpc) is 2.38. The van der Waals surface area contributed by atoms with Gasteiger partial charge in [-0.25, -0.2) is 9.97 Å². The molecule has 0 unspecified atom stereocenters. The smallest absolute Gasteiger partial charge is 0.387 e. The summed E-state index contributed by atoms with van der Waals surface area (Å²) in [6, 6.07) is 5.58. The predicted octanol–water partition coefficient (Wildman–Crippen LogP) is 2.31. The van der Waals surface area contributed by atoms with Gasteiger partial charge in [-0.05, 0) is 12.1 Å². The molecule has 0 atom stereocenters. The number of carbonyl (C=O) groups excluding carboxylic acids is 1. The largest absolute Gasteiger partial charge is 0.435 e. The van der Waals surface area contributed by atoms with Gasteiger partial charge in [-0.1, -0.05) is 12.1 Å². The SMILES string of the molecule is O=C(c1cncnc1)c1cccc(OC(F)F)c1. The Kier molecular flexibility index (Phi) is 3.57. The molecule has 0 fully saturated rings. The number of carbonyl (C=O) groups is 1. The molecule has 0 N–H and O–H groups in total. The summed E-state index contributed by atoms with van der Waals surface area (Å²) >= 11 is 0. The highest BCUT2D eigenvalue weighted by Crippen LogP contribution is 2.17. The van der Waals surface area contributed by atoms with Crippen molar-refractivity contribution < 1.29 is 18.3 Å². The Balaban J connectivity index is 2.26. The molecule has 0 amide bonds. The van der Waals surface area contributed by atoms with Gasteiger partial charge in [-0.15, -0.1) is 0 Å². The number of aromatic nitrogens is 2. The number of nitrogens with zero attached hydrogens (tertiary/aromatic N) is 2. The second-order valence-electron chi connectivity index (χ2n) is 3.36. The van der Waals surface area contributed by atoms with Crippen molar-refractivity contribution >= 4 is 5.78 Å². The normalized spacial score (nSPS) is 10.4. The van der Waals surface area contributed by atoms with Crippen molar-refractivity contribution in [1.82, 2.24) is 9.97 Å². The zero-order valence-corrected chi connectivity index (χ0v) is 9.09. The monoisotopic (exact) mass is 250 g/mol. The molecule has 0 aliphatic rings. The predicted molar refractivity (Wildman–Crippen MR) is 58.5 cm³/mol. The first-order valence-corrected chi connectivity index (χ1v) is 5.01. The lowest BCUT2D eigenvalue weighted by molar-refractivity contribution is -0.0498. The van der Waals surface area contributed by atoms with Crippen molar-refractivity contribution in [2.45, 2.75) is 6.61 Å². The van der Waals surface area contributed by atoms with Crippen molar-refractivity contribution in [2.75, 3.05) is 0 Å². The molecule has 0 radical (unpaired) electrons. The van der Waals surface area contributed by atoms with Crippen molar-refractivity contribution in [1.29, 1.82) is 0 Å². The van der Waals surface area contributed by atoms with E-state index in [4.69, 9.17) is 0 Å². The molecule has 6 heteroatoms. The van der Waals surface area contributed by atoms with Crippen LogP contribution >= 0.6 is 0 Å². The van der Waals surface area contributed by atoms with Gasteiger partial charge in [0, 0.05) is 18.0 Å². The molecule has 0 saturated carbocycles. The van der Waals surface area contributed by atoms with E-state index in [0.717, 1.165) is 0 Å². The van der Waals surface area contributed by atoms with Gasteiger partial charge in [0.05, 0.1) is 5.56 Å². The first-order chi connectivity index (χ1) is 8.66. The molecule has 2 rings (SSSR count). The van der Waals surface area contributed by atoms with Crippen LogP contribution in [0, 0.1) is 0 Å². The second-order valence-corrected chi connectivity index (χ2v) is 3.36. The van der Waals surface area contributed by atoms with Gasteiger partial charge in [-0.2, -0.15) is 8.78 Å². The third kappa shape index (κ3) is 2.85. The molecule has 4 nitrogen and oxygen atoms in total. The van der Waals surface area contributed by atoms with E-state index in [1.165, 1.54) is 43.0 Å². The maximum absolute atomic E-state index is 12.0. The highest BCUT2D eigenvalue weighted by Gasteiger charge is 2.11. The molecule has 0 saturated heterocycles. The Morgan fingerprint density at radius 3 is 2.56 bits per heavy atom. The van der Waals surface area contributed by atoms with Crippen LogP contribution in [0.2, 0.25) is 0 Å². The zero-order valence-electron chi connectivity index (χ0n) is 9.09. The van der Waals surface area contributed by atoms with Gasteiger partial charge in [0.25, 0.3) is 0 Å². The van der Waals surface area contributed by atoms with E-state index in [9.17, 15) is 13.6 Å².